The Kier molecular flexibility index (Phi) is 5.17. The van der Waals surface area contributed by atoms with E-state index in [9.17, 15) is 9.59 Å². The maximum atomic E-state index is 13.2. The normalized spacial score (nSPS) is 14.5. The molecule has 4 nitrogen and oxygen atoms in total. The van der Waals surface area contributed by atoms with Crippen LogP contribution in [0.15, 0.2) is 48.2 Å². The van der Waals surface area contributed by atoms with Crippen molar-refractivity contribution < 1.29 is 9.59 Å². The van der Waals surface area contributed by atoms with E-state index in [0.29, 0.717) is 17.8 Å². The zero-order valence-corrected chi connectivity index (χ0v) is 16.6. The molecule has 1 heterocycles. The third-order valence-corrected chi connectivity index (χ3v) is 4.77. The third kappa shape index (κ3) is 3.65. The first-order valence-electron chi connectivity index (χ1n) is 9.30. The fourth-order valence-electron chi connectivity index (χ4n) is 3.41. The highest BCUT2D eigenvalue weighted by atomic mass is 16.2. The first-order chi connectivity index (χ1) is 12.8. The first-order valence-corrected chi connectivity index (χ1v) is 9.30. The number of nitrogens with zero attached hydrogens (tertiary/aromatic N) is 1. The summed E-state index contributed by atoms with van der Waals surface area (Å²) in [5.41, 5.74) is 5.60. The van der Waals surface area contributed by atoms with E-state index in [4.69, 9.17) is 0 Å². The molecule has 0 aliphatic carbocycles. The molecule has 0 fully saturated rings. The van der Waals surface area contributed by atoms with Gasteiger partial charge in [-0.15, -0.1) is 0 Å². The molecule has 140 valence electrons. The maximum absolute atomic E-state index is 13.2. The molecule has 2 aromatic carbocycles. The van der Waals surface area contributed by atoms with E-state index < -0.39 is 0 Å². The molecule has 4 heteroatoms. The van der Waals surface area contributed by atoms with E-state index in [1.165, 1.54) is 4.90 Å². The topological polar surface area (TPSA) is 49.4 Å². The van der Waals surface area contributed by atoms with E-state index in [1.807, 2.05) is 77.1 Å². The predicted molar refractivity (Wildman–Crippen MR) is 109 cm³/mol. The van der Waals surface area contributed by atoms with Crippen molar-refractivity contribution >= 4 is 23.1 Å². The molecular weight excluding hydrogens is 336 g/mol. The van der Waals surface area contributed by atoms with Crippen molar-refractivity contribution in [3.05, 3.63) is 70.4 Å². The van der Waals surface area contributed by atoms with Crippen LogP contribution >= 0.6 is 0 Å². The second kappa shape index (κ2) is 7.39. The Morgan fingerprint density at radius 1 is 0.926 bits per heavy atom. The van der Waals surface area contributed by atoms with Crippen molar-refractivity contribution in [1.82, 2.24) is 4.90 Å². The van der Waals surface area contributed by atoms with E-state index in [1.54, 1.807) is 0 Å². The number of aryl methyl sites for hydroxylation is 3. The molecule has 0 bridgehead atoms. The number of benzene rings is 2. The largest absolute Gasteiger partial charge is 0.350 e. The summed E-state index contributed by atoms with van der Waals surface area (Å²) in [6, 6.07) is 13.7. The van der Waals surface area contributed by atoms with Gasteiger partial charge in [0.2, 0.25) is 0 Å². The van der Waals surface area contributed by atoms with Gasteiger partial charge in [0.15, 0.2) is 0 Å². The number of nitrogens with one attached hydrogen (secondary N) is 1. The number of amides is 2. The predicted octanol–water partition coefficient (Wildman–Crippen LogP) is 4.46. The van der Waals surface area contributed by atoms with Gasteiger partial charge in [-0.3, -0.25) is 14.5 Å². The Morgan fingerprint density at radius 3 is 2.26 bits per heavy atom. The van der Waals surface area contributed by atoms with E-state index >= 15 is 0 Å². The molecular formula is C23H26N2O2. The van der Waals surface area contributed by atoms with Crippen LogP contribution < -0.4 is 5.32 Å². The molecule has 0 atom stereocenters. The number of carbonyl (C=O) groups excluding carboxylic acids is 2. The molecule has 0 saturated heterocycles. The average molecular weight is 362 g/mol. The van der Waals surface area contributed by atoms with Gasteiger partial charge in [-0.2, -0.15) is 0 Å². The lowest BCUT2D eigenvalue weighted by Crippen LogP contribution is -2.35. The van der Waals surface area contributed by atoms with E-state index in [2.05, 4.69) is 5.32 Å². The van der Waals surface area contributed by atoms with Crippen molar-refractivity contribution in [2.75, 3.05) is 11.9 Å². The minimum absolute atomic E-state index is 0.205. The highest BCUT2D eigenvalue weighted by molar-refractivity contribution is 6.36. The van der Waals surface area contributed by atoms with Crippen LogP contribution in [0.5, 0.6) is 0 Å². The van der Waals surface area contributed by atoms with Gasteiger partial charge in [-0.25, -0.2) is 0 Å². The quantitative estimate of drug-likeness (QED) is 0.799. The molecule has 27 heavy (non-hydrogen) atoms. The molecule has 1 aliphatic rings. The number of hydrogen-bond donors (Lipinski definition) is 1. The Morgan fingerprint density at radius 2 is 1.63 bits per heavy atom. The smallest absolute Gasteiger partial charge is 0.278 e. The zero-order chi connectivity index (χ0) is 19.7. The van der Waals surface area contributed by atoms with E-state index in [0.717, 1.165) is 27.9 Å². The second-order valence-corrected chi connectivity index (χ2v) is 7.62. The summed E-state index contributed by atoms with van der Waals surface area (Å²) < 4.78 is 0. The van der Waals surface area contributed by atoms with Gasteiger partial charge in [0.1, 0.15) is 5.70 Å². The van der Waals surface area contributed by atoms with Gasteiger partial charge in [-0.05, 0) is 49.4 Å². The lowest BCUT2D eigenvalue weighted by atomic mass is 9.97. The van der Waals surface area contributed by atoms with Gasteiger partial charge < -0.3 is 5.32 Å². The molecule has 2 aromatic rings. The van der Waals surface area contributed by atoms with E-state index in [-0.39, 0.29) is 17.7 Å². The summed E-state index contributed by atoms with van der Waals surface area (Å²) in [6.45, 7) is 10.4. The van der Waals surface area contributed by atoms with Crippen molar-refractivity contribution in [2.24, 2.45) is 5.92 Å². The number of imide groups is 1. The zero-order valence-electron chi connectivity index (χ0n) is 16.6. The standard InChI is InChI=1S/C23H26N2O2/c1-14(2)13-25-22(26)20(18-11-10-15(3)12-17(18)5)21(23(25)27)24-19-9-7-6-8-16(19)4/h6-12,14,24H,13H2,1-5H3. The van der Waals surface area contributed by atoms with Crippen molar-refractivity contribution in [3.8, 4) is 0 Å². The highest BCUT2D eigenvalue weighted by Crippen LogP contribution is 2.33. The number of hydrogen-bond acceptors (Lipinski definition) is 3. The minimum Gasteiger partial charge on any atom is -0.350 e. The second-order valence-electron chi connectivity index (χ2n) is 7.62. The van der Waals surface area contributed by atoms with Crippen molar-refractivity contribution in [3.63, 3.8) is 0 Å². The minimum atomic E-state index is -0.257. The van der Waals surface area contributed by atoms with Crippen LogP contribution in [-0.4, -0.2) is 23.3 Å². The third-order valence-electron chi connectivity index (χ3n) is 4.77. The molecule has 3 rings (SSSR count). The Balaban J connectivity index is 2.13. The summed E-state index contributed by atoms with van der Waals surface area (Å²) in [4.78, 5) is 27.7. The van der Waals surface area contributed by atoms with Gasteiger partial charge in [0.25, 0.3) is 11.8 Å². The number of carbonyl (C=O) groups is 2. The van der Waals surface area contributed by atoms with Crippen LogP contribution in [0.1, 0.15) is 36.1 Å². The van der Waals surface area contributed by atoms with Crippen LogP contribution in [0.25, 0.3) is 5.57 Å². The van der Waals surface area contributed by atoms with Crippen LogP contribution in [0.4, 0.5) is 5.69 Å². The fraction of sp³-hybridized carbons (Fsp3) is 0.304. The molecule has 0 aromatic heterocycles. The van der Waals surface area contributed by atoms with Crippen LogP contribution in [0, 0.1) is 26.7 Å². The van der Waals surface area contributed by atoms with Gasteiger partial charge in [0.05, 0.1) is 5.57 Å². The number of anilines is 1. The Labute approximate surface area is 160 Å². The summed E-state index contributed by atoms with van der Waals surface area (Å²) >= 11 is 0. The summed E-state index contributed by atoms with van der Waals surface area (Å²) in [7, 11) is 0. The average Bonchev–Trinajstić information content (AvgIpc) is 2.81. The number of para-hydroxylation sites is 1. The first kappa shape index (κ1) is 18.9. The van der Waals surface area contributed by atoms with Gasteiger partial charge in [0, 0.05) is 12.2 Å². The SMILES string of the molecule is Cc1ccc(C2=C(Nc3ccccc3C)C(=O)N(CC(C)C)C2=O)c(C)c1. The molecule has 0 unspecified atom stereocenters. The van der Waals surface area contributed by atoms with Crippen LogP contribution in [0.2, 0.25) is 0 Å². The summed E-state index contributed by atoms with van der Waals surface area (Å²) in [5.74, 6) is -0.278. The molecule has 2 amide bonds. The summed E-state index contributed by atoms with van der Waals surface area (Å²) in [6.07, 6.45) is 0. The van der Waals surface area contributed by atoms with Crippen LogP contribution in [-0.2, 0) is 9.59 Å². The van der Waals surface area contributed by atoms with Crippen LogP contribution in [0.3, 0.4) is 0 Å². The lowest BCUT2D eigenvalue weighted by Gasteiger charge is -2.17. The fourth-order valence-corrected chi connectivity index (χ4v) is 3.41. The van der Waals surface area contributed by atoms with Gasteiger partial charge in [-0.1, -0.05) is 55.8 Å². The summed E-state index contributed by atoms with van der Waals surface area (Å²) in [5, 5.41) is 3.25. The highest BCUT2D eigenvalue weighted by Gasteiger charge is 2.39. The monoisotopic (exact) mass is 362 g/mol. The molecule has 0 spiro atoms. The molecule has 1 aliphatic heterocycles. The Hall–Kier alpha value is -2.88. The lowest BCUT2D eigenvalue weighted by molar-refractivity contribution is -0.137. The van der Waals surface area contributed by atoms with Gasteiger partial charge >= 0.3 is 0 Å². The Bertz CT molecular complexity index is 941. The van der Waals surface area contributed by atoms with Crippen molar-refractivity contribution in [1.29, 1.82) is 0 Å². The maximum Gasteiger partial charge on any atom is 0.278 e. The van der Waals surface area contributed by atoms with Crippen molar-refractivity contribution in [2.45, 2.75) is 34.6 Å². The number of rotatable bonds is 5. The molecule has 0 saturated carbocycles. The molecule has 0 radical (unpaired) electrons. The molecule has 1 N–H and O–H groups in total.